The molecule has 0 aromatic heterocycles. The highest BCUT2D eigenvalue weighted by Crippen LogP contribution is 2.27. The third-order valence-corrected chi connectivity index (χ3v) is 3.09. The van der Waals surface area contributed by atoms with E-state index in [1.54, 1.807) is 0 Å². The molecule has 1 aliphatic heterocycles. The molecular weight excluding hydrogens is 166 g/mol. The van der Waals surface area contributed by atoms with Crippen LogP contribution in [-0.4, -0.2) is 17.7 Å². The molecule has 0 radical (unpaired) electrons. The molecule has 1 unspecified atom stereocenters. The number of nitrogens with one attached hydrogen (secondary N) is 1. The molecule has 1 aliphatic carbocycles. The summed E-state index contributed by atoms with van der Waals surface area (Å²) in [5.74, 6) is 0.588. The second kappa shape index (κ2) is 3.48. The van der Waals surface area contributed by atoms with Crippen molar-refractivity contribution in [3.05, 3.63) is 0 Å². The summed E-state index contributed by atoms with van der Waals surface area (Å²) in [6.45, 7) is 0. The molecule has 0 aromatic rings. The normalized spacial score (nSPS) is 34.8. The van der Waals surface area contributed by atoms with Crippen LogP contribution in [0.2, 0.25) is 0 Å². The maximum Gasteiger partial charge on any atom is 0.222 e. The van der Waals surface area contributed by atoms with E-state index in [4.69, 9.17) is 0 Å². The van der Waals surface area contributed by atoms with Crippen molar-refractivity contribution >= 4 is 11.7 Å². The number of carbonyl (C=O) groups excluding carboxylic acids is 2. The third-order valence-electron chi connectivity index (χ3n) is 3.09. The lowest BCUT2D eigenvalue weighted by atomic mass is 9.85. The largest absolute Gasteiger partial charge is 0.352 e. The van der Waals surface area contributed by atoms with Crippen molar-refractivity contribution in [2.24, 2.45) is 5.92 Å². The summed E-state index contributed by atoms with van der Waals surface area (Å²) in [4.78, 5) is 22.3. The van der Waals surface area contributed by atoms with Gasteiger partial charge in [0.05, 0.1) is 0 Å². The molecule has 2 aliphatic rings. The van der Waals surface area contributed by atoms with E-state index in [2.05, 4.69) is 5.32 Å². The van der Waals surface area contributed by atoms with Gasteiger partial charge in [-0.25, -0.2) is 0 Å². The highest BCUT2D eigenvalue weighted by Gasteiger charge is 2.36. The fraction of sp³-hybridized carbons (Fsp3) is 0.800. The van der Waals surface area contributed by atoms with E-state index in [0.29, 0.717) is 12.2 Å². The Morgan fingerprint density at radius 1 is 1.15 bits per heavy atom. The fourth-order valence-electron chi connectivity index (χ4n) is 2.24. The van der Waals surface area contributed by atoms with Crippen LogP contribution in [0.5, 0.6) is 0 Å². The molecule has 1 N–H and O–H groups in total. The van der Waals surface area contributed by atoms with Gasteiger partial charge in [-0.2, -0.15) is 0 Å². The molecule has 13 heavy (non-hydrogen) atoms. The van der Waals surface area contributed by atoms with Crippen LogP contribution in [-0.2, 0) is 9.59 Å². The van der Waals surface area contributed by atoms with Crippen LogP contribution in [0.3, 0.4) is 0 Å². The molecule has 2 fully saturated rings. The third kappa shape index (κ3) is 1.74. The predicted octanol–water partition coefficient (Wildman–Crippen LogP) is 1.02. The van der Waals surface area contributed by atoms with Crippen LogP contribution in [0.25, 0.3) is 0 Å². The van der Waals surface area contributed by atoms with Crippen LogP contribution in [0.15, 0.2) is 0 Å². The Morgan fingerprint density at radius 2 is 1.92 bits per heavy atom. The van der Waals surface area contributed by atoms with Gasteiger partial charge in [0.25, 0.3) is 0 Å². The summed E-state index contributed by atoms with van der Waals surface area (Å²) < 4.78 is 0. The lowest BCUT2D eigenvalue weighted by molar-refractivity contribution is -0.133. The molecule has 3 nitrogen and oxygen atoms in total. The van der Waals surface area contributed by atoms with Crippen LogP contribution in [0.1, 0.15) is 38.5 Å². The lowest BCUT2D eigenvalue weighted by Gasteiger charge is -2.32. The summed E-state index contributed by atoms with van der Waals surface area (Å²) in [5, 5.41) is 2.81. The van der Waals surface area contributed by atoms with Crippen LogP contribution in [0.4, 0.5) is 0 Å². The van der Waals surface area contributed by atoms with Gasteiger partial charge in [-0.3, -0.25) is 9.59 Å². The van der Waals surface area contributed by atoms with Crippen molar-refractivity contribution < 1.29 is 9.59 Å². The maximum atomic E-state index is 11.6. The van der Waals surface area contributed by atoms with E-state index in [1.807, 2.05) is 0 Å². The molecule has 1 amide bonds. The van der Waals surface area contributed by atoms with Crippen LogP contribution in [0, 0.1) is 5.92 Å². The zero-order valence-electron chi connectivity index (χ0n) is 7.71. The molecule has 1 saturated heterocycles. The first kappa shape index (κ1) is 8.73. The maximum absolute atomic E-state index is 11.6. The van der Waals surface area contributed by atoms with Gasteiger partial charge in [0.2, 0.25) is 5.91 Å². The van der Waals surface area contributed by atoms with Gasteiger partial charge in [0.1, 0.15) is 5.78 Å². The van der Waals surface area contributed by atoms with Gasteiger partial charge in [-0.05, 0) is 12.8 Å². The molecule has 2 atom stereocenters. The first-order valence-electron chi connectivity index (χ1n) is 5.09. The van der Waals surface area contributed by atoms with Crippen molar-refractivity contribution in [1.82, 2.24) is 5.32 Å². The van der Waals surface area contributed by atoms with Gasteiger partial charge >= 0.3 is 0 Å². The summed E-state index contributed by atoms with van der Waals surface area (Å²) in [6.07, 6.45) is 5.61. The van der Waals surface area contributed by atoms with Crippen molar-refractivity contribution in [3.63, 3.8) is 0 Å². The lowest BCUT2D eigenvalue weighted by Crippen LogP contribution is -2.54. The molecule has 3 heteroatoms. The second-order valence-electron chi connectivity index (χ2n) is 4.05. The van der Waals surface area contributed by atoms with Gasteiger partial charge in [-0.15, -0.1) is 0 Å². The summed E-state index contributed by atoms with van der Waals surface area (Å²) in [6, 6.07) is 0.165. The summed E-state index contributed by atoms with van der Waals surface area (Å²) >= 11 is 0. The Labute approximate surface area is 77.9 Å². The molecule has 2 rings (SSSR count). The second-order valence-corrected chi connectivity index (χ2v) is 4.05. The SMILES string of the molecule is O=C1C[C@@H](C2CCCCCC2=O)N1. The first-order chi connectivity index (χ1) is 6.27. The average Bonchev–Trinajstić information content (AvgIpc) is 2.25. The molecule has 0 bridgehead atoms. The summed E-state index contributed by atoms with van der Waals surface area (Å²) in [7, 11) is 0. The van der Waals surface area contributed by atoms with Crippen LogP contribution >= 0.6 is 0 Å². The quantitative estimate of drug-likeness (QED) is 0.485. The molecule has 1 heterocycles. The minimum absolute atomic E-state index is 0.0991. The number of hydrogen-bond donors (Lipinski definition) is 1. The van der Waals surface area contributed by atoms with E-state index >= 15 is 0 Å². The van der Waals surface area contributed by atoms with Gasteiger partial charge in [-0.1, -0.05) is 12.8 Å². The van der Waals surface area contributed by atoms with E-state index in [1.165, 1.54) is 6.42 Å². The van der Waals surface area contributed by atoms with Crippen molar-refractivity contribution in [2.75, 3.05) is 0 Å². The number of ketones is 1. The van der Waals surface area contributed by atoms with Crippen molar-refractivity contribution in [1.29, 1.82) is 0 Å². The highest BCUT2D eigenvalue weighted by molar-refractivity contribution is 5.88. The number of carbonyl (C=O) groups is 2. The first-order valence-corrected chi connectivity index (χ1v) is 5.09. The molecule has 72 valence electrons. The Balaban J connectivity index is 1.95. The van der Waals surface area contributed by atoms with E-state index < -0.39 is 0 Å². The minimum Gasteiger partial charge on any atom is -0.352 e. The average molecular weight is 181 g/mol. The van der Waals surface area contributed by atoms with E-state index in [9.17, 15) is 9.59 Å². The number of β-lactam (4-membered cyclic amide) rings is 1. The molecule has 1 saturated carbocycles. The molecule has 0 spiro atoms. The summed E-state index contributed by atoms with van der Waals surface area (Å²) in [5.41, 5.74) is 0. The number of rotatable bonds is 1. The zero-order chi connectivity index (χ0) is 9.26. The fourth-order valence-corrected chi connectivity index (χ4v) is 2.24. The van der Waals surface area contributed by atoms with E-state index in [0.717, 1.165) is 25.7 Å². The monoisotopic (exact) mass is 181 g/mol. The minimum atomic E-state index is 0.0991. The smallest absolute Gasteiger partial charge is 0.222 e. The van der Waals surface area contributed by atoms with Gasteiger partial charge < -0.3 is 5.32 Å². The standard InChI is InChI=1S/C10H15NO2/c12-9-5-3-1-2-4-7(9)8-6-10(13)11-8/h7-8H,1-6H2,(H,11,13)/t7?,8-/m0/s1. The molecular formula is C10H15NO2. The predicted molar refractivity (Wildman–Crippen MR) is 48.1 cm³/mol. The Hall–Kier alpha value is -0.860. The Bertz CT molecular complexity index is 229. The number of Topliss-reactive ketones (excluding diaryl/α,β-unsaturated/α-hetero) is 1. The van der Waals surface area contributed by atoms with Crippen LogP contribution < -0.4 is 5.32 Å². The zero-order valence-corrected chi connectivity index (χ0v) is 7.71. The highest BCUT2D eigenvalue weighted by atomic mass is 16.2. The van der Waals surface area contributed by atoms with E-state index in [-0.39, 0.29) is 17.9 Å². The number of amides is 1. The van der Waals surface area contributed by atoms with Gasteiger partial charge in [0.15, 0.2) is 0 Å². The Kier molecular flexibility index (Phi) is 2.34. The van der Waals surface area contributed by atoms with Crippen molar-refractivity contribution in [3.8, 4) is 0 Å². The number of hydrogen-bond acceptors (Lipinski definition) is 2. The topological polar surface area (TPSA) is 46.2 Å². The van der Waals surface area contributed by atoms with Crippen molar-refractivity contribution in [2.45, 2.75) is 44.6 Å². The van der Waals surface area contributed by atoms with Gasteiger partial charge in [0, 0.05) is 24.8 Å². The molecule has 0 aromatic carbocycles. The Morgan fingerprint density at radius 3 is 2.62 bits per heavy atom.